The largest absolute Gasteiger partial charge is 0.481 e. The van der Waals surface area contributed by atoms with Crippen LogP contribution in [0.4, 0.5) is 0 Å². The van der Waals surface area contributed by atoms with Crippen LogP contribution < -0.4 is 20.9 Å². The number of carbonyl (C=O) groups excluding carboxylic acids is 3. The third-order valence-electron chi connectivity index (χ3n) is 4.97. The van der Waals surface area contributed by atoms with Gasteiger partial charge >= 0.3 is 0 Å². The molecule has 3 aromatic carbocycles. The molecule has 32 heavy (non-hydrogen) atoms. The molecule has 3 rings (SSSR count). The van der Waals surface area contributed by atoms with Crippen molar-refractivity contribution in [2.75, 3.05) is 0 Å². The van der Waals surface area contributed by atoms with Crippen molar-refractivity contribution in [2.45, 2.75) is 39.3 Å². The highest BCUT2D eigenvalue weighted by molar-refractivity contribution is 5.86. The minimum atomic E-state index is -0.820. The van der Waals surface area contributed by atoms with Gasteiger partial charge in [0.1, 0.15) is 5.75 Å². The Balaban J connectivity index is 1.54. The quantitative estimate of drug-likeness (QED) is 0.498. The van der Waals surface area contributed by atoms with Crippen molar-refractivity contribution in [3.05, 3.63) is 77.9 Å². The van der Waals surface area contributed by atoms with Crippen molar-refractivity contribution in [3.8, 4) is 5.75 Å². The Labute approximate surface area is 187 Å². The highest BCUT2D eigenvalue weighted by Crippen LogP contribution is 2.21. The third kappa shape index (κ3) is 6.31. The number of hydrogen-bond acceptors (Lipinski definition) is 4. The summed E-state index contributed by atoms with van der Waals surface area (Å²) < 4.78 is 5.71. The molecule has 166 valence electrons. The summed E-state index contributed by atoms with van der Waals surface area (Å²) in [5.74, 6) is -0.610. The summed E-state index contributed by atoms with van der Waals surface area (Å²) in [6.45, 7) is 4.95. The number of fused-ring (bicyclic) bond motifs is 1. The van der Waals surface area contributed by atoms with Gasteiger partial charge in [0.05, 0.1) is 12.5 Å². The van der Waals surface area contributed by atoms with E-state index >= 15 is 0 Å². The molecule has 0 aliphatic heterocycles. The first kappa shape index (κ1) is 22.8. The molecular weight excluding hydrogens is 406 g/mol. The molecule has 0 heterocycles. The Morgan fingerprint density at radius 2 is 1.59 bits per heavy atom. The third-order valence-corrected chi connectivity index (χ3v) is 4.97. The molecule has 0 radical (unpaired) electrons. The van der Waals surface area contributed by atoms with Crippen LogP contribution in [0.25, 0.3) is 10.8 Å². The van der Waals surface area contributed by atoms with Crippen LogP contribution in [0.2, 0.25) is 0 Å². The predicted molar refractivity (Wildman–Crippen MR) is 123 cm³/mol. The zero-order valence-electron chi connectivity index (χ0n) is 18.3. The van der Waals surface area contributed by atoms with Crippen molar-refractivity contribution >= 4 is 28.5 Å². The molecule has 0 aliphatic carbocycles. The van der Waals surface area contributed by atoms with E-state index in [0.29, 0.717) is 5.75 Å². The van der Waals surface area contributed by atoms with Crippen molar-refractivity contribution < 1.29 is 19.1 Å². The molecule has 0 saturated carbocycles. The Kier molecular flexibility index (Phi) is 7.44. The van der Waals surface area contributed by atoms with Crippen LogP contribution in [0.5, 0.6) is 5.75 Å². The number of carbonyl (C=O) groups is 3. The second-order valence-electron chi connectivity index (χ2n) is 7.67. The SMILES string of the molecule is CC(=O)N[C@H](CC(=O)NNC(=O)[C@H](C)Oc1ccc2ccccc2c1)c1ccc(C)cc1. The van der Waals surface area contributed by atoms with E-state index < -0.39 is 24.0 Å². The summed E-state index contributed by atoms with van der Waals surface area (Å²) >= 11 is 0. The molecule has 3 aromatic rings. The molecular formula is C25H27N3O4. The molecule has 0 saturated heterocycles. The molecule has 7 nitrogen and oxygen atoms in total. The van der Waals surface area contributed by atoms with E-state index in [4.69, 9.17) is 4.74 Å². The number of ether oxygens (including phenoxy) is 1. The fraction of sp³-hybridized carbons (Fsp3) is 0.240. The molecule has 2 atom stereocenters. The van der Waals surface area contributed by atoms with Crippen LogP contribution in [-0.4, -0.2) is 23.8 Å². The second kappa shape index (κ2) is 10.4. The lowest BCUT2D eigenvalue weighted by Crippen LogP contribution is -2.48. The van der Waals surface area contributed by atoms with Crippen molar-refractivity contribution in [2.24, 2.45) is 0 Å². The van der Waals surface area contributed by atoms with E-state index in [-0.39, 0.29) is 12.3 Å². The maximum atomic E-state index is 12.4. The zero-order chi connectivity index (χ0) is 23.1. The lowest BCUT2D eigenvalue weighted by Gasteiger charge is -2.19. The molecule has 0 fully saturated rings. The summed E-state index contributed by atoms with van der Waals surface area (Å²) in [4.78, 5) is 36.3. The first-order valence-corrected chi connectivity index (χ1v) is 10.4. The first-order chi connectivity index (χ1) is 15.3. The van der Waals surface area contributed by atoms with Gasteiger partial charge in [-0.1, -0.05) is 60.2 Å². The fourth-order valence-corrected chi connectivity index (χ4v) is 3.26. The lowest BCUT2D eigenvalue weighted by molar-refractivity contribution is -0.133. The topological polar surface area (TPSA) is 96.5 Å². The van der Waals surface area contributed by atoms with Crippen LogP contribution in [-0.2, 0) is 14.4 Å². The molecule has 0 bridgehead atoms. The monoisotopic (exact) mass is 433 g/mol. The Morgan fingerprint density at radius 1 is 0.906 bits per heavy atom. The van der Waals surface area contributed by atoms with Crippen LogP contribution in [0.1, 0.15) is 37.4 Å². The average molecular weight is 434 g/mol. The maximum Gasteiger partial charge on any atom is 0.279 e. The van der Waals surface area contributed by atoms with Crippen LogP contribution in [0.3, 0.4) is 0 Å². The fourth-order valence-electron chi connectivity index (χ4n) is 3.26. The maximum absolute atomic E-state index is 12.4. The number of nitrogens with one attached hydrogen (secondary N) is 3. The zero-order valence-corrected chi connectivity index (χ0v) is 18.3. The van der Waals surface area contributed by atoms with Crippen LogP contribution >= 0.6 is 0 Å². The summed E-state index contributed by atoms with van der Waals surface area (Å²) in [7, 11) is 0. The summed E-state index contributed by atoms with van der Waals surface area (Å²) in [6.07, 6.45) is -0.845. The van der Waals surface area contributed by atoms with E-state index in [1.807, 2.05) is 67.6 Å². The summed E-state index contributed by atoms with van der Waals surface area (Å²) in [5.41, 5.74) is 6.66. The molecule has 7 heteroatoms. The predicted octanol–water partition coefficient (Wildman–Crippen LogP) is 3.33. The van der Waals surface area contributed by atoms with Gasteiger partial charge in [0, 0.05) is 6.92 Å². The van der Waals surface area contributed by atoms with Gasteiger partial charge in [-0.05, 0) is 42.3 Å². The minimum Gasteiger partial charge on any atom is -0.481 e. The van der Waals surface area contributed by atoms with Crippen molar-refractivity contribution in [3.63, 3.8) is 0 Å². The van der Waals surface area contributed by atoms with E-state index in [0.717, 1.165) is 21.9 Å². The molecule has 0 aromatic heterocycles. The van der Waals surface area contributed by atoms with Crippen molar-refractivity contribution in [1.29, 1.82) is 0 Å². The van der Waals surface area contributed by atoms with Gasteiger partial charge in [-0.15, -0.1) is 0 Å². The first-order valence-electron chi connectivity index (χ1n) is 10.4. The smallest absolute Gasteiger partial charge is 0.279 e. The number of rotatable bonds is 7. The van der Waals surface area contributed by atoms with Gasteiger partial charge < -0.3 is 10.1 Å². The van der Waals surface area contributed by atoms with E-state index in [2.05, 4.69) is 16.2 Å². The van der Waals surface area contributed by atoms with E-state index in [9.17, 15) is 14.4 Å². The van der Waals surface area contributed by atoms with E-state index in [1.165, 1.54) is 6.92 Å². The van der Waals surface area contributed by atoms with Gasteiger partial charge in [-0.2, -0.15) is 0 Å². The molecule has 0 unspecified atom stereocenters. The van der Waals surface area contributed by atoms with Crippen molar-refractivity contribution in [1.82, 2.24) is 16.2 Å². The van der Waals surface area contributed by atoms with Crippen LogP contribution in [0, 0.1) is 6.92 Å². The second-order valence-corrected chi connectivity index (χ2v) is 7.67. The Hall–Kier alpha value is -3.87. The number of amides is 3. The molecule has 0 aliphatic rings. The van der Waals surface area contributed by atoms with Gasteiger partial charge in [-0.25, -0.2) is 0 Å². The number of hydrazine groups is 1. The molecule has 3 N–H and O–H groups in total. The minimum absolute atomic E-state index is 0.0250. The van der Waals surface area contributed by atoms with E-state index in [1.54, 1.807) is 13.0 Å². The molecule has 3 amide bonds. The Bertz CT molecular complexity index is 1110. The average Bonchev–Trinajstić information content (AvgIpc) is 2.77. The lowest BCUT2D eigenvalue weighted by atomic mass is 10.0. The number of aryl methyl sites for hydroxylation is 1. The highest BCUT2D eigenvalue weighted by atomic mass is 16.5. The summed E-state index contributed by atoms with van der Waals surface area (Å²) in [5, 5.41) is 4.85. The Morgan fingerprint density at radius 3 is 2.28 bits per heavy atom. The number of benzene rings is 3. The van der Waals surface area contributed by atoms with Gasteiger partial charge in [0.2, 0.25) is 11.8 Å². The summed E-state index contributed by atoms with van der Waals surface area (Å²) in [6, 6.07) is 20.5. The van der Waals surface area contributed by atoms with Crippen LogP contribution in [0.15, 0.2) is 66.7 Å². The van der Waals surface area contributed by atoms with Gasteiger partial charge in [0.25, 0.3) is 5.91 Å². The number of hydrogen-bond donors (Lipinski definition) is 3. The highest BCUT2D eigenvalue weighted by Gasteiger charge is 2.19. The normalized spacial score (nSPS) is 12.5. The standard InChI is InChI=1S/C25H27N3O4/c1-16-8-10-20(11-9-16)23(26-18(3)29)15-24(30)27-28-25(31)17(2)32-22-13-12-19-6-4-5-7-21(19)14-22/h4-14,17,23H,15H2,1-3H3,(H,26,29)(H,27,30)(H,28,31)/t17-,23+/m0/s1. The van der Waals surface area contributed by atoms with Gasteiger partial charge in [0.15, 0.2) is 6.10 Å². The van der Waals surface area contributed by atoms with Gasteiger partial charge in [-0.3, -0.25) is 25.2 Å². The molecule has 0 spiro atoms.